The quantitative estimate of drug-likeness (QED) is 0.217. The molecule has 3 aliphatic rings. The van der Waals surface area contributed by atoms with Crippen LogP contribution in [0.4, 0.5) is 10.1 Å². The van der Waals surface area contributed by atoms with E-state index in [2.05, 4.69) is 19.2 Å². The van der Waals surface area contributed by atoms with Gasteiger partial charge in [0.2, 0.25) is 5.91 Å². The average molecular weight is 607 g/mol. The zero-order valence-corrected chi connectivity index (χ0v) is 26.7. The summed E-state index contributed by atoms with van der Waals surface area (Å²) in [5, 5.41) is 23.9. The summed E-state index contributed by atoms with van der Waals surface area (Å²) in [6.07, 6.45) is 8.54. The van der Waals surface area contributed by atoms with Gasteiger partial charge in [-0.2, -0.15) is 0 Å². The molecule has 5 rings (SSSR count). The number of aliphatic hydroxyl groups is 1. The second-order valence-corrected chi connectivity index (χ2v) is 14.0. The van der Waals surface area contributed by atoms with E-state index in [1.165, 1.54) is 6.92 Å². The van der Waals surface area contributed by atoms with Crippen molar-refractivity contribution < 1.29 is 24.2 Å². The maximum absolute atomic E-state index is 16.1. The maximum atomic E-state index is 16.1. The Hall–Kier alpha value is -2.93. The molecule has 2 fully saturated rings. The van der Waals surface area contributed by atoms with Gasteiger partial charge in [-0.3, -0.25) is 9.59 Å². The van der Waals surface area contributed by atoms with Crippen molar-refractivity contribution >= 4 is 17.5 Å². The highest BCUT2D eigenvalue weighted by molar-refractivity contribution is 5.95. The van der Waals surface area contributed by atoms with Gasteiger partial charge in [-0.25, -0.2) is 4.39 Å². The molecule has 2 saturated carbocycles. The van der Waals surface area contributed by atoms with Gasteiger partial charge in [0.15, 0.2) is 0 Å². The van der Waals surface area contributed by atoms with E-state index in [1.54, 1.807) is 30.3 Å². The minimum atomic E-state index is -1.01. The SMILES string of the molecule is CCCCCCN(CCCC[C@@H]1Cc2cc(O)ccc2C2C1C1CC[C@H](O)C1(C)C[C@@H]2F)C(=O)c1ccc(NC(C)=O)cc1. The number of phenolic OH excluding ortho intramolecular Hbond substituents is 1. The number of halogens is 1. The average Bonchev–Trinajstić information content (AvgIpc) is 3.28. The van der Waals surface area contributed by atoms with Gasteiger partial charge in [0, 0.05) is 37.2 Å². The molecule has 0 aliphatic heterocycles. The third-order valence-corrected chi connectivity index (χ3v) is 11.0. The molecule has 3 aliphatic carbocycles. The Morgan fingerprint density at radius 2 is 1.75 bits per heavy atom. The lowest BCUT2D eigenvalue weighted by atomic mass is 9.51. The summed E-state index contributed by atoms with van der Waals surface area (Å²) < 4.78 is 16.1. The lowest BCUT2D eigenvalue weighted by molar-refractivity contribution is -0.114. The van der Waals surface area contributed by atoms with Crippen molar-refractivity contribution in [2.75, 3.05) is 18.4 Å². The molecule has 0 saturated heterocycles. The van der Waals surface area contributed by atoms with Crippen molar-refractivity contribution in [3.8, 4) is 5.75 Å². The lowest BCUT2D eigenvalue weighted by Gasteiger charge is -2.54. The molecule has 7 atom stereocenters. The molecule has 2 aromatic rings. The summed E-state index contributed by atoms with van der Waals surface area (Å²) in [5.74, 6) is 0.653. The standard InChI is InChI=1S/C37H51FN2O4/c1-4-5-6-8-19-40(36(44)25-11-13-28(14-12-25)39-24(2)41)20-9-7-10-26-21-27-22-29(42)15-16-30(27)35-32(38)23-37(3)31(34(26)35)17-18-33(37)43/h11-16,22,26,31-35,42-43H,4-10,17-21,23H2,1-3H3,(H,39,41)/t26-,31?,32+,33+,34?,35?,37?/m1/s1. The number of phenols is 1. The van der Waals surface area contributed by atoms with Crippen molar-refractivity contribution in [1.82, 2.24) is 4.90 Å². The zero-order chi connectivity index (χ0) is 31.4. The number of amides is 2. The third-order valence-electron chi connectivity index (χ3n) is 11.0. The second kappa shape index (κ2) is 14.0. The third kappa shape index (κ3) is 6.83. The number of hydrogen-bond donors (Lipinski definition) is 3. The Balaban J connectivity index is 1.28. The van der Waals surface area contributed by atoms with E-state index >= 15 is 4.39 Å². The minimum Gasteiger partial charge on any atom is -0.508 e. The van der Waals surface area contributed by atoms with Crippen LogP contribution in [0, 0.1) is 23.2 Å². The summed E-state index contributed by atoms with van der Waals surface area (Å²) in [5.41, 5.74) is 3.03. The van der Waals surface area contributed by atoms with E-state index in [9.17, 15) is 19.8 Å². The molecule has 2 aromatic carbocycles. The van der Waals surface area contributed by atoms with Crippen LogP contribution in [0.25, 0.3) is 0 Å². The molecule has 0 bridgehead atoms. The van der Waals surface area contributed by atoms with Gasteiger partial charge in [-0.05, 0) is 116 Å². The van der Waals surface area contributed by atoms with E-state index in [1.807, 2.05) is 17.0 Å². The van der Waals surface area contributed by atoms with Crippen LogP contribution < -0.4 is 5.32 Å². The van der Waals surface area contributed by atoms with Crippen molar-refractivity contribution in [3.05, 3.63) is 59.2 Å². The molecule has 0 radical (unpaired) electrons. The normalized spacial score (nSPS) is 28.9. The van der Waals surface area contributed by atoms with Crippen LogP contribution in [0.1, 0.15) is 112 Å². The van der Waals surface area contributed by atoms with Crippen molar-refractivity contribution in [2.24, 2.45) is 23.2 Å². The maximum Gasteiger partial charge on any atom is 0.253 e. The first-order valence-electron chi connectivity index (χ1n) is 16.9. The Morgan fingerprint density at radius 3 is 2.45 bits per heavy atom. The molecule has 44 heavy (non-hydrogen) atoms. The topological polar surface area (TPSA) is 89.9 Å². The Morgan fingerprint density at radius 1 is 1.02 bits per heavy atom. The number of benzene rings is 2. The van der Waals surface area contributed by atoms with Crippen LogP contribution in [0.2, 0.25) is 0 Å². The summed E-state index contributed by atoms with van der Waals surface area (Å²) in [7, 11) is 0. The largest absolute Gasteiger partial charge is 0.508 e. The lowest BCUT2D eigenvalue weighted by Crippen LogP contribution is -2.51. The van der Waals surface area contributed by atoms with Crippen LogP contribution in [0.3, 0.4) is 0 Å². The number of nitrogens with zero attached hydrogens (tertiary/aromatic N) is 1. The Labute approximate surface area is 262 Å². The van der Waals surface area contributed by atoms with Gasteiger partial charge in [-0.15, -0.1) is 0 Å². The molecule has 6 nitrogen and oxygen atoms in total. The highest BCUT2D eigenvalue weighted by Gasteiger charge is 2.59. The number of unbranched alkanes of at least 4 members (excludes halogenated alkanes) is 4. The first-order valence-corrected chi connectivity index (χ1v) is 16.9. The number of nitrogens with one attached hydrogen (secondary N) is 1. The smallest absolute Gasteiger partial charge is 0.253 e. The van der Waals surface area contributed by atoms with Gasteiger partial charge in [0.25, 0.3) is 5.91 Å². The van der Waals surface area contributed by atoms with Gasteiger partial charge >= 0.3 is 0 Å². The predicted octanol–water partition coefficient (Wildman–Crippen LogP) is 7.63. The molecule has 0 spiro atoms. The van der Waals surface area contributed by atoms with Gasteiger partial charge in [-0.1, -0.05) is 45.6 Å². The fraction of sp³-hybridized carbons (Fsp3) is 0.622. The predicted molar refractivity (Wildman–Crippen MR) is 173 cm³/mol. The summed E-state index contributed by atoms with van der Waals surface area (Å²) >= 11 is 0. The number of fused-ring (bicyclic) bond motifs is 5. The summed E-state index contributed by atoms with van der Waals surface area (Å²) in [6.45, 7) is 7.14. The molecule has 2 amide bonds. The molecule has 4 unspecified atom stereocenters. The number of aliphatic hydroxyl groups excluding tert-OH is 1. The van der Waals surface area contributed by atoms with Crippen molar-refractivity contribution in [3.63, 3.8) is 0 Å². The fourth-order valence-electron chi connectivity index (χ4n) is 8.87. The van der Waals surface area contributed by atoms with Gasteiger partial charge in [0.05, 0.1) is 6.10 Å². The number of aromatic hydroxyl groups is 1. The van der Waals surface area contributed by atoms with E-state index in [0.717, 1.165) is 81.9 Å². The molecule has 7 heteroatoms. The van der Waals surface area contributed by atoms with Crippen LogP contribution in [0.15, 0.2) is 42.5 Å². The number of rotatable bonds is 12. The number of alkyl halides is 1. The van der Waals surface area contributed by atoms with Gasteiger partial charge < -0.3 is 20.4 Å². The van der Waals surface area contributed by atoms with Crippen LogP contribution >= 0.6 is 0 Å². The highest BCUT2D eigenvalue weighted by atomic mass is 19.1. The minimum absolute atomic E-state index is 0.0151. The molecule has 0 aromatic heterocycles. The van der Waals surface area contributed by atoms with Gasteiger partial charge in [0.1, 0.15) is 11.9 Å². The molecular weight excluding hydrogens is 555 g/mol. The van der Waals surface area contributed by atoms with E-state index in [4.69, 9.17) is 0 Å². The number of carbonyl (C=O) groups is 2. The summed E-state index contributed by atoms with van der Waals surface area (Å²) in [6, 6.07) is 12.6. The fourth-order valence-corrected chi connectivity index (χ4v) is 8.87. The van der Waals surface area contributed by atoms with Crippen molar-refractivity contribution in [1.29, 1.82) is 0 Å². The molecule has 240 valence electrons. The molecular formula is C37H51FN2O4. The molecule has 3 N–H and O–H groups in total. The first kappa shape index (κ1) is 32.5. The van der Waals surface area contributed by atoms with E-state index in [-0.39, 0.29) is 40.7 Å². The monoisotopic (exact) mass is 606 g/mol. The van der Waals surface area contributed by atoms with Crippen molar-refractivity contribution in [2.45, 2.75) is 110 Å². The Bertz CT molecular complexity index is 1300. The Kier molecular flexibility index (Phi) is 10.3. The number of carbonyl (C=O) groups excluding carboxylic acids is 2. The van der Waals surface area contributed by atoms with Crippen LogP contribution in [-0.2, 0) is 11.2 Å². The number of hydrogen-bond acceptors (Lipinski definition) is 4. The van der Waals surface area contributed by atoms with Crippen LogP contribution in [0.5, 0.6) is 5.75 Å². The number of anilines is 1. The first-order chi connectivity index (χ1) is 21.1. The second-order valence-electron chi connectivity index (χ2n) is 14.0. The zero-order valence-electron chi connectivity index (χ0n) is 26.7. The van der Waals surface area contributed by atoms with E-state index in [0.29, 0.717) is 30.1 Å². The van der Waals surface area contributed by atoms with Crippen LogP contribution in [-0.4, -0.2) is 52.3 Å². The molecule has 0 heterocycles. The summed E-state index contributed by atoms with van der Waals surface area (Å²) in [4.78, 5) is 26.9. The van der Waals surface area contributed by atoms with E-state index < -0.39 is 12.3 Å². The highest BCUT2D eigenvalue weighted by Crippen LogP contribution is 2.63.